The molecule has 1 saturated carbocycles. The molecule has 8 nitrogen and oxygen atoms in total. The van der Waals surface area contributed by atoms with Gasteiger partial charge >= 0.3 is 11.9 Å². The molecule has 3 N–H and O–H groups in total. The van der Waals surface area contributed by atoms with Crippen molar-refractivity contribution in [3.05, 3.63) is 23.8 Å². The van der Waals surface area contributed by atoms with E-state index in [-0.39, 0.29) is 35.4 Å². The van der Waals surface area contributed by atoms with Crippen LogP contribution in [0.1, 0.15) is 71.3 Å². The zero-order valence-electron chi connectivity index (χ0n) is 20.9. The van der Waals surface area contributed by atoms with Gasteiger partial charge in [-0.1, -0.05) is 19.3 Å². The summed E-state index contributed by atoms with van der Waals surface area (Å²) in [5.74, 6) is 1.03. The minimum atomic E-state index is -0.541. The Balaban J connectivity index is 0.00000408. The molecule has 0 bridgehead atoms. The van der Waals surface area contributed by atoms with Gasteiger partial charge in [-0.3, -0.25) is 10.5 Å². The number of anilines is 1. The molecular formula is C25H39BrN4O4. The quantitative estimate of drug-likeness (QED) is 0.279. The first-order chi connectivity index (χ1) is 15.6. The highest BCUT2D eigenvalue weighted by Gasteiger charge is 2.25. The number of amides is 1. The summed E-state index contributed by atoms with van der Waals surface area (Å²) >= 11 is 0. The number of carbonyl (C=O) groups is 2. The average Bonchev–Trinajstić information content (AvgIpc) is 2.76. The molecule has 190 valence electrons. The smallest absolute Gasteiger partial charge is 0.349 e. The summed E-state index contributed by atoms with van der Waals surface area (Å²) in [6.45, 7) is 6.55. The maximum absolute atomic E-state index is 12.5. The Morgan fingerprint density at radius 2 is 1.91 bits per heavy atom. The third kappa shape index (κ3) is 8.18. The minimum Gasteiger partial charge on any atom is -1.00 e. The first-order valence-electron chi connectivity index (χ1n) is 12.0. The number of hydrogen-bond acceptors (Lipinski definition) is 6. The van der Waals surface area contributed by atoms with Gasteiger partial charge in [0.15, 0.2) is 6.54 Å². The zero-order chi connectivity index (χ0) is 24.0. The van der Waals surface area contributed by atoms with E-state index >= 15 is 0 Å². The van der Waals surface area contributed by atoms with Gasteiger partial charge in [0.2, 0.25) is 5.91 Å². The Kier molecular flexibility index (Phi) is 10.2. The second-order valence-corrected chi connectivity index (χ2v) is 10.0. The van der Waals surface area contributed by atoms with Crippen LogP contribution in [0.5, 0.6) is 5.75 Å². The number of benzene rings is 1. The van der Waals surface area contributed by atoms with E-state index in [1.807, 2.05) is 50.9 Å². The van der Waals surface area contributed by atoms with Crippen molar-refractivity contribution in [2.75, 3.05) is 25.5 Å². The molecule has 1 fully saturated rings. The van der Waals surface area contributed by atoms with E-state index in [4.69, 9.17) is 15.2 Å². The normalized spacial score (nSPS) is 16.1. The van der Waals surface area contributed by atoms with Gasteiger partial charge in [-0.25, -0.2) is 14.7 Å². The number of nitrogens with zero attached hydrogens (tertiary/aromatic N) is 2. The van der Waals surface area contributed by atoms with E-state index in [0.29, 0.717) is 38.0 Å². The number of esters is 1. The van der Waals surface area contributed by atoms with E-state index in [1.54, 1.807) is 4.58 Å². The summed E-state index contributed by atoms with van der Waals surface area (Å²) < 4.78 is 13.1. The zero-order valence-corrected chi connectivity index (χ0v) is 22.4. The number of rotatable bonds is 8. The molecule has 0 unspecified atom stereocenters. The fourth-order valence-electron chi connectivity index (χ4n) is 4.35. The van der Waals surface area contributed by atoms with Crippen LogP contribution < -0.4 is 32.8 Å². The Labute approximate surface area is 213 Å². The number of guanidine groups is 1. The lowest BCUT2D eigenvalue weighted by molar-refractivity contribution is -0.537. The molecule has 0 spiro atoms. The summed E-state index contributed by atoms with van der Waals surface area (Å²) in [4.78, 5) is 26.6. The highest BCUT2D eigenvalue weighted by molar-refractivity contribution is 5.91. The van der Waals surface area contributed by atoms with Crippen LogP contribution in [0.15, 0.2) is 18.2 Å². The monoisotopic (exact) mass is 538 g/mol. The minimum absolute atomic E-state index is 0. The Morgan fingerprint density at radius 3 is 2.59 bits per heavy atom. The van der Waals surface area contributed by atoms with Gasteiger partial charge in [-0.15, -0.1) is 0 Å². The summed E-state index contributed by atoms with van der Waals surface area (Å²) in [5.41, 5.74) is 7.44. The molecule has 0 atom stereocenters. The molecule has 1 aliphatic carbocycles. The van der Waals surface area contributed by atoms with Crippen molar-refractivity contribution in [2.24, 2.45) is 5.73 Å². The summed E-state index contributed by atoms with van der Waals surface area (Å²) in [6.07, 6.45) is 7.13. The molecule has 0 aromatic heterocycles. The maximum Gasteiger partial charge on any atom is 0.349 e. The third-order valence-electron chi connectivity index (χ3n) is 6.10. The lowest BCUT2D eigenvalue weighted by Gasteiger charge is -2.31. The van der Waals surface area contributed by atoms with Crippen molar-refractivity contribution in [1.29, 1.82) is 0 Å². The van der Waals surface area contributed by atoms with Crippen LogP contribution in [0, 0.1) is 0 Å². The van der Waals surface area contributed by atoms with Crippen molar-refractivity contribution in [1.82, 2.24) is 4.90 Å². The molecule has 0 saturated heterocycles. The number of fused-ring (bicyclic) bond motifs is 1. The van der Waals surface area contributed by atoms with Gasteiger partial charge in [0.25, 0.3) is 0 Å². The van der Waals surface area contributed by atoms with Crippen LogP contribution in [-0.2, 0) is 20.9 Å². The van der Waals surface area contributed by atoms with Gasteiger partial charge in [0.05, 0.1) is 13.2 Å². The fourth-order valence-corrected chi connectivity index (χ4v) is 4.35. The van der Waals surface area contributed by atoms with E-state index in [1.165, 1.54) is 19.3 Å². The molecule has 1 aromatic carbocycles. The van der Waals surface area contributed by atoms with Crippen molar-refractivity contribution in [3.8, 4) is 5.75 Å². The molecule has 0 radical (unpaired) electrons. The van der Waals surface area contributed by atoms with Crippen molar-refractivity contribution in [2.45, 2.75) is 83.9 Å². The topological polar surface area (TPSA) is 96.9 Å². The second kappa shape index (κ2) is 12.4. The van der Waals surface area contributed by atoms with E-state index in [9.17, 15) is 9.59 Å². The highest BCUT2D eigenvalue weighted by atomic mass is 79.9. The first kappa shape index (κ1) is 28.0. The number of ether oxygens (including phenoxy) is 2. The lowest BCUT2D eigenvalue weighted by atomic mass is 9.94. The second-order valence-electron chi connectivity index (χ2n) is 10.0. The maximum atomic E-state index is 12.5. The molecule has 3 rings (SSSR count). The summed E-state index contributed by atoms with van der Waals surface area (Å²) in [7, 11) is 1.93. The van der Waals surface area contributed by atoms with E-state index < -0.39 is 5.60 Å². The van der Waals surface area contributed by atoms with E-state index in [2.05, 4.69) is 5.32 Å². The molecule has 9 heteroatoms. The molecule has 34 heavy (non-hydrogen) atoms. The molecule has 1 amide bonds. The van der Waals surface area contributed by atoms with Crippen molar-refractivity contribution < 1.29 is 40.6 Å². The number of halogens is 1. The van der Waals surface area contributed by atoms with Gasteiger partial charge in [0.1, 0.15) is 17.0 Å². The third-order valence-corrected chi connectivity index (χ3v) is 6.10. The van der Waals surface area contributed by atoms with Gasteiger partial charge in [-0.05, 0) is 58.2 Å². The average molecular weight is 540 g/mol. The molecule has 1 aliphatic heterocycles. The lowest BCUT2D eigenvalue weighted by Crippen LogP contribution is -3.00. The summed E-state index contributed by atoms with van der Waals surface area (Å²) in [6, 6.07) is 6.16. The number of hydrogen-bond donors (Lipinski definition) is 2. The van der Waals surface area contributed by atoms with Crippen LogP contribution in [-0.4, -0.2) is 59.2 Å². The van der Waals surface area contributed by atoms with Crippen LogP contribution in [0.2, 0.25) is 0 Å². The Hall–Kier alpha value is -2.29. The standard InChI is InChI=1S/C25H38N4O4.BrH/c1-25(2,3)33-23(31)17-29-16-18-15-20(12-13-21(18)27-24(29)26)32-14-8-11-22(30)28(4)19-9-6-5-7-10-19;/h12-13,15,19H,5-11,14,16-17H2,1-4H3,(H2,26,27);1H. The number of nitrogens with one attached hydrogen (secondary N) is 1. The van der Waals surface area contributed by atoms with Crippen LogP contribution in [0.25, 0.3) is 0 Å². The highest BCUT2D eigenvalue weighted by Crippen LogP contribution is 2.26. The van der Waals surface area contributed by atoms with E-state index in [0.717, 1.165) is 29.8 Å². The Morgan fingerprint density at radius 1 is 1.21 bits per heavy atom. The predicted molar refractivity (Wildman–Crippen MR) is 128 cm³/mol. The van der Waals surface area contributed by atoms with Gasteiger partial charge in [-0.2, -0.15) is 0 Å². The van der Waals surface area contributed by atoms with Crippen LogP contribution in [0.4, 0.5) is 5.69 Å². The fraction of sp³-hybridized carbons (Fsp3) is 0.640. The largest absolute Gasteiger partial charge is 1.00 e. The van der Waals surface area contributed by atoms with Crippen molar-refractivity contribution >= 4 is 23.5 Å². The molecule has 1 heterocycles. The molecular weight excluding hydrogens is 500 g/mol. The SMILES string of the molecule is CN(C(=O)CCCOc1ccc2c(c1)C[N+](CC(=O)OC(C)(C)C)=C(N)N2)C1CCCCC1.[Br-]. The van der Waals surface area contributed by atoms with Crippen LogP contribution >= 0.6 is 0 Å². The predicted octanol–water partition coefficient (Wildman–Crippen LogP) is 0.235. The molecule has 1 aromatic rings. The van der Waals surface area contributed by atoms with Crippen LogP contribution in [0.3, 0.4) is 0 Å². The first-order valence-corrected chi connectivity index (χ1v) is 12.0. The number of nitrogens with two attached hydrogens (primary N) is 1. The number of carbonyl (C=O) groups excluding carboxylic acids is 2. The van der Waals surface area contributed by atoms with Gasteiger partial charge < -0.3 is 31.4 Å². The van der Waals surface area contributed by atoms with Crippen molar-refractivity contribution in [3.63, 3.8) is 0 Å². The summed E-state index contributed by atoms with van der Waals surface area (Å²) in [5, 5.41) is 3.14. The molecule has 2 aliphatic rings. The van der Waals surface area contributed by atoms with Gasteiger partial charge in [0, 0.05) is 25.1 Å². The Bertz CT molecular complexity index is 891.